The van der Waals surface area contributed by atoms with Gasteiger partial charge in [0.1, 0.15) is 23.1 Å². The number of pyridine rings is 1. The molecule has 59 heavy (non-hydrogen) atoms. The van der Waals surface area contributed by atoms with Crippen molar-refractivity contribution in [2.24, 2.45) is 0 Å². The second kappa shape index (κ2) is 13.9. The van der Waals surface area contributed by atoms with Gasteiger partial charge in [-0.15, -0.1) is 0 Å². The Morgan fingerprint density at radius 2 is 1.36 bits per heavy atom. The lowest BCUT2D eigenvalue weighted by Crippen LogP contribution is -2.55. The Bertz CT molecular complexity index is 3040. The Morgan fingerprint density at radius 3 is 2.14 bits per heavy atom. The minimum Gasteiger partial charge on any atom is -0.457 e. The van der Waals surface area contributed by atoms with Crippen LogP contribution in [-0.4, -0.2) is 30.8 Å². The van der Waals surface area contributed by atoms with Crippen LogP contribution in [0.5, 0.6) is 11.5 Å². The fourth-order valence-corrected chi connectivity index (χ4v) is 9.21. The molecular weight excluding hydrogens is 721 g/mol. The molecule has 6 nitrogen and oxygen atoms in total. The molecule has 0 unspecified atom stereocenters. The van der Waals surface area contributed by atoms with E-state index in [2.05, 4.69) is 202 Å². The van der Waals surface area contributed by atoms with Crippen molar-refractivity contribution in [1.82, 2.24) is 23.8 Å². The minimum atomic E-state index is -0.160. The molecule has 0 aliphatic carbocycles. The van der Waals surface area contributed by atoms with E-state index in [0.29, 0.717) is 0 Å². The van der Waals surface area contributed by atoms with Crippen LogP contribution in [0.3, 0.4) is 0 Å². The van der Waals surface area contributed by atoms with Gasteiger partial charge in [-0.2, -0.15) is 0 Å². The Kier molecular flexibility index (Phi) is 8.60. The van der Waals surface area contributed by atoms with Crippen LogP contribution in [0.15, 0.2) is 158 Å². The smallest absolute Gasteiger partial charge is 0.422 e. The van der Waals surface area contributed by atoms with Crippen molar-refractivity contribution in [2.75, 3.05) is 0 Å². The first kappa shape index (κ1) is 36.5. The summed E-state index contributed by atoms with van der Waals surface area (Å²) in [6, 6.07) is 40.7. The number of imidazole rings is 1. The Balaban J connectivity index is 1.11. The molecule has 0 N–H and O–H groups in total. The quantitative estimate of drug-likeness (QED) is 0.158. The number of fused-ring (bicyclic) bond motifs is 5. The molecule has 0 saturated heterocycles. The van der Waals surface area contributed by atoms with Crippen molar-refractivity contribution < 1.29 is 4.74 Å². The molecule has 2 aliphatic rings. The molecule has 0 radical (unpaired) electrons. The zero-order valence-electron chi connectivity index (χ0n) is 34.7. The molecule has 288 valence electrons. The topological polar surface area (TPSA) is 48.1 Å². The van der Waals surface area contributed by atoms with Crippen LogP contribution in [0.25, 0.3) is 44.6 Å². The molecule has 0 atom stereocenters. The van der Waals surface area contributed by atoms with Crippen molar-refractivity contribution in [3.63, 3.8) is 0 Å². The normalized spacial score (nSPS) is 13.7. The van der Waals surface area contributed by atoms with Crippen LogP contribution < -0.4 is 10.2 Å². The van der Waals surface area contributed by atoms with Crippen LogP contribution >= 0.6 is 0 Å². The van der Waals surface area contributed by atoms with E-state index < -0.39 is 0 Å². The van der Waals surface area contributed by atoms with Crippen molar-refractivity contribution in [3.05, 3.63) is 197 Å². The Morgan fingerprint density at radius 1 is 0.644 bits per heavy atom. The molecule has 0 amide bonds. The summed E-state index contributed by atoms with van der Waals surface area (Å²) in [6.45, 7) is 15.4. The standard InChI is InChI=1S/C52H46BN5O/c1-33-15-12-16-34(2)48(33)49-44-23-10-11-28-56(44)53(50-35(3)17-13-18-36(50)4)58-46(49)32-55-51(58)37-19-14-20-39(29-37)59-40-24-25-42-41-21-8-9-22-43(41)57(45(42)31-40)47-30-38(26-27-54-47)52(5,6)7/h8-32H,1-7H3. The summed E-state index contributed by atoms with van der Waals surface area (Å²) >= 11 is 0. The lowest BCUT2D eigenvalue weighted by Gasteiger charge is -2.40. The maximum Gasteiger partial charge on any atom is 0.422 e. The third kappa shape index (κ3) is 6.03. The number of aromatic nitrogens is 4. The number of benzene rings is 5. The number of hydrogen-bond acceptors (Lipinski definition) is 4. The third-order valence-corrected chi connectivity index (χ3v) is 12.1. The molecular formula is C52H46BN5O. The van der Waals surface area contributed by atoms with Crippen LogP contribution in [0, 0.1) is 27.7 Å². The number of hydrogen-bond donors (Lipinski definition) is 0. The lowest BCUT2D eigenvalue weighted by atomic mass is 9.59. The van der Waals surface area contributed by atoms with Crippen molar-refractivity contribution >= 4 is 39.8 Å². The molecule has 10 rings (SSSR count). The van der Waals surface area contributed by atoms with E-state index >= 15 is 0 Å². The van der Waals surface area contributed by atoms with Crippen molar-refractivity contribution in [3.8, 4) is 28.7 Å². The highest BCUT2D eigenvalue weighted by Gasteiger charge is 2.41. The molecule has 0 bridgehead atoms. The number of ether oxygens (including phenoxy) is 1. The van der Waals surface area contributed by atoms with Crippen molar-refractivity contribution in [2.45, 2.75) is 53.9 Å². The summed E-state index contributed by atoms with van der Waals surface area (Å²) in [6.07, 6.45) is 12.7. The van der Waals surface area contributed by atoms with Gasteiger partial charge in [0.05, 0.1) is 22.9 Å². The molecule has 5 heterocycles. The molecule has 3 aromatic heterocycles. The van der Waals surface area contributed by atoms with E-state index in [1.54, 1.807) is 0 Å². The molecule has 8 aromatic rings. The largest absolute Gasteiger partial charge is 0.457 e. The van der Waals surface area contributed by atoms with Crippen LogP contribution in [0.1, 0.15) is 59.8 Å². The molecule has 2 aliphatic heterocycles. The average molecular weight is 768 g/mol. The highest BCUT2D eigenvalue weighted by Crippen LogP contribution is 2.42. The summed E-state index contributed by atoms with van der Waals surface area (Å²) < 4.78 is 11.5. The fraction of sp³-hybridized carbons (Fsp3) is 0.154. The second-order valence-corrected chi connectivity index (χ2v) is 17.0. The first-order valence-corrected chi connectivity index (χ1v) is 20.4. The number of nitrogens with zero attached hydrogens (tertiary/aromatic N) is 5. The van der Waals surface area contributed by atoms with Crippen molar-refractivity contribution in [1.29, 1.82) is 0 Å². The number of para-hydroxylation sites is 1. The molecule has 0 saturated carbocycles. The zero-order chi connectivity index (χ0) is 40.6. The van der Waals surface area contributed by atoms with Gasteiger partial charge in [-0.3, -0.25) is 4.57 Å². The van der Waals surface area contributed by atoms with E-state index in [-0.39, 0.29) is 12.4 Å². The zero-order valence-corrected chi connectivity index (χ0v) is 34.7. The predicted molar refractivity (Wildman–Crippen MR) is 244 cm³/mol. The van der Waals surface area contributed by atoms with E-state index in [0.717, 1.165) is 50.8 Å². The molecule has 0 spiro atoms. The van der Waals surface area contributed by atoms with Gasteiger partial charge >= 0.3 is 6.98 Å². The molecule has 5 aromatic carbocycles. The van der Waals surface area contributed by atoms with Gasteiger partial charge in [-0.05, 0) is 122 Å². The molecule has 7 heteroatoms. The second-order valence-electron chi connectivity index (χ2n) is 17.0. The van der Waals surface area contributed by atoms with E-state index in [4.69, 9.17) is 14.7 Å². The van der Waals surface area contributed by atoms with Crippen LogP contribution in [0.2, 0.25) is 0 Å². The van der Waals surface area contributed by atoms with Gasteiger partial charge in [-0.25, -0.2) is 9.97 Å². The van der Waals surface area contributed by atoms with Gasteiger partial charge in [0.15, 0.2) is 0 Å². The highest BCUT2D eigenvalue weighted by molar-refractivity contribution is 6.72. The van der Waals surface area contributed by atoms with E-state index in [1.165, 1.54) is 55.5 Å². The van der Waals surface area contributed by atoms with Crippen LogP contribution in [0.4, 0.5) is 0 Å². The fourth-order valence-electron chi connectivity index (χ4n) is 9.21. The Hall–Kier alpha value is -6.86. The number of aryl methyl sites for hydroxylation is 4. The first-order valence-electron chi connectivity index (χ1n) is 20.4. The lowest BCUT2D eigenvalue weighted by molar-refractivity contribution is 0.483. The van der Waals surface area contributed by atoms with Gasteiger partial charge in [-0.1, -0.05) is 105 Å². The van der Waals surface area contributed by atoms with E-state index in [1.807, 2.05) is 12.3 Å². The summed E-state index contributed by atoms with van der Waals surface area (Å²) in [5.74, 6) is 3.26. The first-order chi connectivity index (χ1) is 28.6. The molecule has 0 fully saturated rings. The Labute approximate surface area is 346 Å². The monoisotopic (exact) mass is 767 g/mol. The van der Waals surface area contributed by atoms with E-state index in [9.17, 15) is 0 Å². The van der Waals surface area contributed by atoms with Gasteiger partial charge in [0.2, 0.25) is 0 Å². The maximum atomic E-state index is 6.78. The summed E-state index contributed by atoms with van der Waals surface area (Å²) in [7, 11) is 0. The summed E-state index contributed by atoms with van der Waals surface area (Å²) in [4.78, 5) is 12.6. The number of rotatable bonds is 6. The van der Waals surface area contributed by atoms with Gasteiger partial charge in [0, 0.05) is 39.9 Å². The summed E-state index contributed by atoms with van der Waals surface area (Å²) in [5.41, 5.74) is 15.3. The van der Waals surface area contributed by atoms with Gasteiger partial charge in [0.25, 0.3) is 0 Å². The summed E-state index contributed by atoms with van der Waals surface area (Å²) in [5, 5.41) is 2.33. The average Bonchev–Trinajstić information content (AvgIpc) is 3.81. The minimum absolute atomic E-state index is 0.0102. The van der Waals surface area contributed by atoms with Gasteiger partial charge < -0.3 is 14.0 Å². The SMILES string of the molecule is Cc1cccc(C)c1B1N2C=CC=CC2=C(c2c(C)cccc2C)c2cnc(-c3cccc(Oc4ccc5c6ccccc6n(-c6cc(C(C)(C)C)ccn6)c5c4)c3)n21. The highest BCUT2D eigenvalue weighted by atomic mass is 16.5. The maximum absolute atomic E-state index is 6.78. The predicted octanol–water partition coefficient (Wildman–Crippen LogP) is 11.8. The van der Waals surface area contributed by atoms with Crippen LogP contribution in [-0.2, 0) is 5.41 Å². The number of allylic oxidation sites excluding steroid dienone is 3. The third-order valence-electron chi connectivity index (χ3n) is 12.1.